The van der Waals surface area contributed by atoms with Crippen molar-refractivity contribution in [2.75, 3.05) is 0 Å². The van der Waals surface area contributed by atoms with Gasteiger partial charge in [-0.1, -0.05) is 64.0 Å². The molecule has 0 aromatic heterocycles. The van der Waals surface area contributed by atoms with Crippen LogP contribution in [-0.4, -0.2) is 0 Å². The molecule has 1 rings (SSSR count). The summed E-state index contributed by atoms with van der Waals surface area (Å²) in [5.74, 6) is 2.15. The Labute approximate surface area is 101 Å². The van der Waals surface area contributed by atoms with E-state index < -0.39 is 0 Å². The van der Waals surface area contributed by atoms with E-state index in [1.165, 1.54) is 30.4 Å². The summed E-state index contributed by atoms with van der Waals surface area (Å²) in [7, 11) is 0. The smallest absolute Gasteiger partial charge is 0.00410 e. The van der Waals surface area contributed by atoms with Crippen LogP contribution in [0.3, 0.4) is 0 Å². The van der Waals surface area contributed by atoms with Gasteiger partial charge in [0.1, 0.15) is 0 Å². The SMILES string of the molecule is C=C1C=C(C)C=CC1C(C)CCC(C)CC. The Balaban J connectivity index is 2.46. The van der Waals surface area contributed by atoms with Crippen LogP contribution in [0, 0.1) is 17.8 Å². The average molecular weight is 218 g/mol. The second-order valence-corrected chi connectivity index (χ2v) is 5.42. The van der Waals surface area contributed by atoms with Crippen molar-refractivity contribution in [2.24, 2.45) is 17.8 Å². The van der Waals surface area contributed by atoms with Gasteiger partial charge < -0.3 is 0 Å². The largest absolute Gasteiger partial charge is 0.0952 e. The summed E-state index contributed by atoms with van der Waals surface area (Å²) in [6.45, 7) is 13.3. The second kappa shape index (κ2) is 6.08. The molecule has 0 heterocycles. The van der Waals surface area contributed by atoms with Gasteiger partial charge in [0.05, 0.1) is 0 Å². The van der Waals surface area contributed by atoms with Gasteiger partial charge in [-0.15, -0.1) is 0 Å². The molecule has 0 radical (unpaired) electrons. The van der Waals surface area contributed by atoms with E-state index in [1.54, 1.807) is 0 Å². The van der Waals surface area contributed by atoms with Crippen LogP contribution < -0.4 is 0 Å². The fourth-order valence-corrected chi connectivity index (χ4v) is 2.30. The molecule has 0 saturated carbocycles. The summed E-state index contributed by atoms with van der Waals surface area (Å²) in [5, 5.41) is 0. The Morgan fingerprint density at radius 1 is 1.31 bits per heavy atom. The lowest BCUT2D eigenvalue weighted by Crippen LogP contribution is -2.14. The molecule has 1 aliphatic carbocycles. The third kappa shape index (κ3) is 3.66. The molecule has 16 heavy (non-hydrogen) atoms. The topological polar surface area (TPSA) is 0 Å². The maximum atomic E-state index is 4.19. The molecular formula is C16H26. The monoisotopic (exact) mass is 218 g/mol. The second-order valence-electron chi connectivity index (χ2n) is 5.42. The van der Waals surface area contributed by atoms with Crippen LogP contribution in [0.15, 0.2) is 36.0 Å². The Morgan fingerprint density at radius 2 is 2.00 bits per heavy atom. The maximum Gasteiger partial charge on any atom is 0.00410 e. The van der Waals surface area contributed by atoms with Crippen LogP contribution in [0.4, 0.5) is 0 Å². The summed E-state index contributed by atoms with van der Waals surface area (Å²) in [6.07, 6.45) is 10.8. The van der Waals surface area contributed by atoms with Gasteiger partial charge in [-0.05, 0) is 30.8 Å². The zero-order valence-corrected chi connectivity index (χ0v) is 11.3. The highest BCUT2D eigenvalue weighted by molar-refractivity contribution is 5.36. The predicted octanol–water partition coefficient (Wildman–Crippen LogP) is 5.14. The van der Waals surface area contributed by atoms with E-state index in [9.17, 15) is 0 Å². The quantitative estimate of drug-likeness (QED) is 0.599. The van der Waals surface area contributed by atoms with Crippen molar-refractivity contribution >= 4 is 0 Å². The van der Waals surface area contributed by atoms with E-state index >= 15 is 0 Å². The first-order valence-electron chi connectivity index (χ1n) is 6.59. The van der Waals surface area contributed by atoms with E-state index in [0.717, 1.165) is 11.8 Å². The third-order valence-corrected chi connectivity index (χ3v) is 3.83. The van der Waals surface area contributed by atoms with Gasteiger partial charge in [-0.3, -0.25) is 0 Å². The summed E-state index contributed by atoms with van der Waals surface area (Å²) in [6, 6.07) is 0. The van der Waals surface area contributed by atoms with Crippen LogP contribution in [-0.2, 0) is 0 Å². The molecule has 0 bridgehead atoms. The molecule has 1 aliphatic rings. The number of hydrogen-bond donors (Lipinski definition) is 0. The van der Waals surface area contributed by atoms with E-state index in [2.05, 4.69) is 52.5 Å². The Kier molecular flexibility index (Phi) is 5.05. The zero-order valence-electron chi connectivity index (χ0n) is 11.3. The lowest BCUT2D eigenvalue weighted by atomic mass is 9.80. The minimum atomic E-state index is 0.563. The van der Waals surface area contributed by atoms with Crippen molar-refractivity contribution in [2.45, 2.75) is 47.0 Å². The average Bonchev–Trinajstić information content (AvgIpc) is 2.25. The van der Waals surface area contributed by atoms with Gasteiger partial charge in [0, 0.05) is 5.92 Å². The third-order valence-electron chi connectivity index (χ3n) is 3.83. The minimum absolute atomic E-state index is 0.563. The van der Waals surface area contributed by atoms with Crippen molar-refractivity contribution in [3.05, 3.63) is 36.0 Å². The first-order chi connectivity index (χ1) is 7.54. The molecule has 0 aliphatic heterocycles. The molecule has 0 saturated heterocycles. The van der Waals surface area contributed by atoms with E-state index in [4.69, 9.17) is 0 Å². The Bertz CT molecular complexity index is 293. The van der Waals surface area contributed by atoms with Gasteiger partial charge in [0.25, 0.3) is 0 Å². The van der Waals surface area contributed by atoms with Crippen molar-refractivity contribution in [1.82, 2.24) is 0 Å². The van der Waals surface area contributed by atoms with Gasteiger partial charge in [-0.25, -0.2) is 0 Å². The van der Waals surface area contributed by atoms with E-state index in [0.29, 0.717) is 5.92 Å². The molecule has 0 amide bonds. The van der Waals surface area contributed by atoms with Crippen molar-refractivity contribution < 1.29 is 0 Å². The highest BCUT2D eigenvalue weighted by Gasteiger charge is 2.19. The number of rotatable bonds is 5. The fraction of sp³-hybridized carbons (Fsp3) is 0.625. The van der Waals surface area contributed by atoms with E-state index in [-0.39, 0.29) is 0 Å². The Morgan fingerprint density at radius 3 is 2.56 bits per heavy atom. The molecule has 0 fully saturated rings. The van der Waals surface area contributed by atoms with Crippen molar-refractivity contribution in [3.63, 3.8) is 0 Å². The van der Waals surface area contributed by atoms with Crippen LogP contribution in [0.25, 0.3) is 0 Å². The molecule has 3 atom stereocenters. The molecular weight excluding hydrogens is 192 g/mol. The first kappa shape index (κ1) is 13.3. The molecule has 0 spiro atoms. The molecule has 0 aromatic carbocycles. The first-order valence-corrected chi connectivity index (χ1v) is 6.59. The summed E-state index contributed by atoms with van der Waals surface area (Å²) < 4.78 is 0. The van der Waals surface area contributed by atoms with E-state index in [1.807, 2.05) is 0 Å². The van der Waals surface area contributed by atoms with Crippen LogP contribution >= 0.6 is 0 Å². The molecule has 3 unspecified atom stereocenters. The number of allylic oxidation sites excluding steroid dienone is 5. The summed E-state index contributed by atoms with van der Waals surface area (Å²) in [4.78, 5) is 0. The normalized spacial score (nSPS) is 24.1. The van der Waals surface area contributed by atoms with Crippen LogP contribution in [0.1, 0.15) is 47.0 Å². The van der Waals surface area contributed by atoms with Crippen LogP contribution in [0.2, 0.25) is 0 Å². The highest BCUT2D eigenvalue weighted by Crippen LogP contribution is 2.31. The Hall–Kier alpha value is -0.780. The summed E-state index contributed by atoms with van der Waals surface area (Å²) >= 11 is 0. The highest BCUT2D eigenvalue weighted by atomic mass is 14.2. The van der Waals surface area contributed by atoms with Gasteiger partial charge in [-0.2, -0.15) is 0 Å². The van der Waals surface area contributed by atoms with Crippen molar-refractivity contribution in [1.29, 1.82) is 0 Å². The van der Waals surface area contributed by atoms with Gasteiger partial charge in [0.2, 0.25) is 0 Å². The minimum Gasteiger partial charge on any atom is -0.0952 e. The predicted molar refractivity (Wildman–Crippen MR) is 73.4 cm³/mol. The molecule has 0 aromatic rings. The zero-order chi connectivity index (χ0) is 12.1. The van der Waals surface area contributed by atoms with Crippen LogP contribution in [0.5, 0.6) is 0 Å². The molecule has 0 nitrogen and oxygen atoms in total. The van der Waals surface area contributed by atoms with Crippen molar-refractivity contribution in [3.8, 4) is 0 Å². The standard InChI is InChI=1S/C16H26/c1-6-12(2)7-9-14(4)16-10-8-13(3)11-15(16)5/h8,10-12,14,16H,5-7,9H2,1-4H3. The molecule has 0 N–H and O–H groups in total. The lowest BCUT2D eigenvalue weighted by molar-refractivity contribution is 0.382. The fourth-order valence-electron chi connectivity index (χ4n) is 2.30. The molecule has 0 heteroatoms. The lowest BCUT2D eigenvalue weighted by Gasteiger charge is -2.25. The summed E-state index contributed by atoms with van der Waals surface area (Å²) in [5.41, 5.74) is 2.62. The maximum absolute atomic E-state index is 4.19. The van der Waals surface area contributed by atoms with Gasteiger partial charge in [0.15, 0.2) is 0 Å². The molecule has 90 valence electrons. The number of hydrogen-bond acceptors (Lipinski definition) is 0. The van der Waals surface area contributed by atoms with Gasteiger partial charge >= 0.3 is 0 Å².